The molecule has 0 bridgehead atoms. The van der Waals surface area contributed by atoms with E-state index in [9.17, 15) is 14.4 Å². The van der Waals surface area contributed by atoms with Crippen LogP contribution in [0, 0.1) is 0 Å². The molecule has 0 saturated heterocycles. The summed E-state index contributed by atoms with van der Waals surface area (Å²) in [6.07, 6.45) is 0. The second kappa shape index (κ2) is 11.0. The Morgan fingerprint density at radius 2 is 1.50 bits per heavy atom. The maximum Gasteiger partial charge on any atom is 0.276 e. The van der Waals surface area contributed by atoms with Crippen LogP contribution in [0.25, 0.3) is 0 Å². The standard InChI is InChI=1S/C22H16BrCl2N3O4/c23-17-10-15(24)11-18(25)20(17)32-12-19(29)27-28-22(31)14-6-8-16(9-7-14)26-21(30)13-4-2-1-3-5-13/h1-11H,12H2,(H,26,30)(H,27,29)(H,28,31). The van der Waals surface area contributed by atoms with Crippen molar-refractivity contribution in [1.82, 2.24) is 10.9 Å². The molecule has 3 aromatic carbocycles. The van der Waals surface area contributed by atoms with Crippen molar-refractivity contribution in [2.75, 3.05) is 11.9 Å². The van der Waals surface area contributed by atoms with Gasteiger partial charge in [0.15, 0.2) is 12.4 Å². The molecule has 0 aliphatic heterocycles. The highest BCUT2D eigenvalue weighted by atomic mass is 79.9. The van der Waals surface area contributed by atoms with Crippen molar-refractivity contribution in [3.8, 4) is 5.75 Å². The Morgan fingerprint density at radius 1 is 0.844 bits per heavy atom. The highest BCUT2D eigenvalue weighted by Gasteiger charge is 2.13. The fraction of sp³-hybridized carbons (Fsp3) is 0.0455. The zero-order valence-electron chi connectivity index (χ0n) is 16.3. The molecule has 0 aromatic heterocycles. The van der Waals surface area contributed by atoms with Gasteiger partial charge in [-0.1, -0.05) is 41.4 Å². The normalized spacial score (nSPS) is 10.2. The molecule has 0 radical (unpaired) electrons. The van der Waals surface area contributed by atoms with E-state index >= 15 is 0 Å². The Bertz CT molecular complexity index is 1120. The summed E-state index contributed by atoms with van der Waals surface area (Å²) >= 11 is 15.2. The Balaban J connectivity index is 1.48. The smallest absolute Gasteiger partial charge is 0.276 e. The van der Waals surface area contributed by atoms with Crippen molar-refractivity contribution >= 4 is 62.5 Å². The monoisotopic (exact) mass is 535 g/mol. The molecule has 0 atom stereocenters. The van der Waals surface area contributed by atoms with Crippen molar-refractivity contribution in [2.24, 2.45) is 0 Å². The minimum Gasteiger partial charge on any atom is -0.481 e. The van der Waals surface area contributed by atoms with E-state index < -0.39 is 11.8 Å². The molecule has 3 rings (SSSR count). The van der Waals surface area contributed by atoms with Crippen LogP contribution in [0.4, 0.5) is 5.69 Å². The molecule has 0 aliphatic carbocycles. The van der Waals surface area contributed by atoms with Gasteiger partial charge in [-0.15, -0.1) is 0 Å². The van der Waals surface area contributed by atoms with Gasteiger partial charge in [-0.25, -0.2) is 0 Å². The Hall–Kier alpha value is -3.07. The van der Waals surface area contributed by atoms with Crippen LogP contribution in [0.5, 0.6) is 5.75 Å². The Kier molecular flexibility index (Phi) is 8.10. The van der Waals surface area contributed by atoms with Crippen LogP contribution in [0.3, 0.4) is 0 Å². The van der Waals surface area contributed by atoms with Crippen molar-refractivity contribution in [2.45, 2.75) is 0 Å². The fourth-order valence-electron chi connectivity index (χ4n) is 2.54. The van der Waals surface area contributed by atoms with Gasteiger partial charge in [0.1, 0.15) is 0 Å². The number of hydrazine groups is 1. The van der Waals surface area contributed by atoms with Gasteiger partial charge in [-0.3, -0.25) is 25.2 Å². The first-order chi connectivity index (χ1) is 15.3. The van der Waals surface area contributed by atoms with Crippen LogP contribution >= 0.6 is 39.1 Å². The zero-order valence-corrected chi connectivity index (χ0v) is 19.4. The molecule has 0 fully saturated rings. The number of ether oxygens (including phenoxy) is 1. The second-order valence-electron chi connectivity index (χ2n) is 6.39. The first-order valence-electron chi connectivity index (χ1n) is 9.16. The van der Waals surface area contributed by atoms with Gasteiger partial charge in [0, 0.05) is 21.8 Å². The summed E-state index contributed by atoms with van der Waals surface area (Å²) in [6.45, 7) is -0.384. The average molecular weight is 537 g/mol. The third-order valence-corrected chi connectivity index (χ3v) is 5.16. The summed E-state index contributed by atoms with van der Waals surface area (Å²) in [7, 11) is 0. The van der Waals surface area contributed by atoms with Gasteiger partial charge in [0.2, 0.25) is 0 Å². The van der Waals surface area contributed by atoms with Gasteiger partial charge in [-0.2, -0.15) is 0 Å². The van der Waals surface area contributed by atoms with E-state index in [0.717, 1.165) is 0 Å². The van der Waals surface area contributed by atoms with Crippen LogP contribution < -0.4 is 20.9 Å². The fourth-order valence-corrected chi connectivity index (χ4v) is 3.91. The van der Waals surface area contributed by atoms with Gasteiger partial charge in [-0.05, 0) is 64.5 Å². The predicted octanol–water partition coefficient (Wildman–Crippen LogP) is 4.85. The molecule has 3 amide bonds. The van der Waals surface area contributed by atoms with E-state index in [2.05, 4.69) is 32.1 Å². The van der Waals surface area contributed by atoms with Crippen molar-refractivity contribution in [3.63, 3.8) is 0 Å². The molecule has 0 heterocycles. The van der Waals surface area contributed by atoms with Crippen molar-refractivity contribution in [3.05, 3.63) is 92.4 Å². The molecule has 3 N–H and O–H groups in total. The van der Waals surface area contributed by atoms with Gasteiger partial charge in [0.05, 0.1) is 9.50 Å². The maximum atomic E-state index is 12.2. The number of benzene rings is 3. The van der Waals surface area contributed by atoms with E-state index in [1.54, 1.807) is 42.5 Å². The topological polar surface area (TPSA) is 96.5 Å². The molecule has 164 valence electrons. The minimum atomic E-state index is -0.594. The lowest BCUT2D eigenvalue weighted by atomic mass is 10.1. The Labute approximate surface area is 202 Å². The molecule has 0 unspecified atom stereocenters. The highest BCUT2D eigenvalue weighted by molar-refractivity contribution is 9.10. The first-order valence-corrected chi connectivity index (χ1v) is 10.7. The third-order valence-electron chi connectivity index (χ3n) is 4.07. The summed E-state index contributed by atoms with van der Waals surface area (Å²) in [5.41, 5.74) is 5.87. The van der Waals surface area contributed by atoms with Gasteiger partial charge < -0.3 is 10.1 Å². The highest BCUT2D eigenvalue weighted by Crippen LogP contribution is 2.35. The molecule has 32 heavy (non-hydrogen) atoms. The van der Waals surface area contributed by atoms with E-state index in [1.807, 2.05) is 6.07 Å². The predicted molar refractivity (Wildman–Crippen MR) is 126 cm³/mol. The molecular formula is C22H16BrCl2N3O4. The van der Waals surface area contributed by atoms with E-state index in [0.29, 0.717) is 20.7 Å². The van der Waals surface area contributed by atoms with Crippen LogP contribution in [0.1, 0.15) is 20.7 Å². The lowest BCUT2D eigenvalue weighted by Gasteiger charge is -2.11. The number of amides is 3. The van der Waals surface area contributed by atoms with E-state index in [4.69, 9.17) is 27.9 Å². The number of halogens is 3. The summed E-state index contributed by atoms with van der Waals surface area (Å²) < 4.78 is 5.86. The Morgan fingerprint density at radius 3 is 2.16 bits per heavy atom. The molecule has 7 nitrogen and oxygen atoms in total. The number of hydrogen-bond acceptors (Lipinski definition) is 4. The number of carbonyl (C=O) groups excluding carboxylic acids is 3. The minimum absolute atomic E-state index is 0.237. The largest absolute Gasteiger partial charge is 0.481 e. The van der Waals surface area contributed by atoms with Crippen LogP contribution in [-0.2, 0) is 4.79 Å². The number of rotatable bonds is 6. The number of carbonyl (C=O) groups is 3. The first kappa shape index (κ1) is 23.6. The average Bonchev–Trinajstić information content (AvgIpc) is 2.77. The number of hydrogen-bond donors (Lipinski definition) is 3. The quantitative estimate of drug-likeness (QED) is 0.392. The van der Waals surface area contributed by atoms with E-state index in [1.165, 1.54) is 18.2 Å². The van der Waals surface area contributed by atoms with Crippen LogP contribution in [0.15, 0.2) is 71.2 Å². The summed E-state index contributed by atoms with van der Waals surface area (Å²) in [6, 6.07) is 18.0. The number of nitrogens with one attached hydrogen (secondary N) is 3. The summed E-state index contributed by atoms with van der Waals surface area (Å²) in [4.78, 5) is 36.4. The number of anilines is 1. The molecule has 0 spiro atoms. The lowest BCUT2D eigenvalue weighted by Crippen LogP contribution is -2.43. The molecular weight excluding hydrogens is 521 g/mol. The van der Waals surface area contributed by atoms with E-state index in [-0.39, 0.29) is 28.8 Å². The SMILES string of the molecule is O=C(COc1c(Cl)cc(Cl)cc1Br)NNC(=O)c1ccc(NC(=O)c2ccccc2)cc1. The van der Waals surface area contributed by atoms with Crippen molar-refractivity contribution < 1.29 is 19.1 Å². The molecule has 3 aromatic rings. The molecule has 10 heteroatoms. The molecule has 0 aliphatic rings. The third kappa shape index (κ3) is 6.46. The summed E-state index contributed by atoms with van der Waals surface area (Å²) in [5, 5.41) is 3.39. The second-order valence-corrected chi connectivity index (χ2v) is 8.09. The van der Waals surface area contributed by atoms with Crippen LogP contribution in [0.2, 0.25) is 10.0 Å². The summed E-state index contributed by atoms with van der Waals surface area (Å²) in [5.74, 6) is -1.14. The lowest BCUT2D eigenvalue weighted by molar-refractivity contribution is -0.123. The van der Waals surface area contributed by atoms with Gasteiger partial charge >= 0.3 is 0 Å². The zero-order chi connectivity index (χ0) is 23.1. The van der Waals surface area contributed by atoms with Crippen molar-refractivity contribution in [1.29, 1.82) is 0 Å². The van der Waals surface area contributed by atoms with Gasteiger partial charge in [0.25, 0.3) is 17.7 Å². The van der Waals surface area contributed by atoms with Crippen LogP contribution in [-0.4, -0.2) is 24.3 Å². The molecule has 0 saturated carbocycles. The maximum absolute atomic E-state index is 12.2.